The van der Waals surface area contributed by atoms with E-state index in [9.17, 15) is 4.79 Å². The molecule has 0 spiro atoms. The van der Waals surface area contributed by atoms with Gasteiger partial charge >= 0.3 is 0 Å². The minimum Gasteiger partial charge on any atom is -0.492 e. The molecular formula is C40H61N5O3S2. The quantitative estimate of drug-likeness (QED) is 0.0378. The third kappa shape index (κ3) is 16.1. The first kappa shape index (κ1) is 44.6. The highest BCUT2D eigenvalue weighted by Gasteiger charge is 2.34. The third-order valence-corrected chi connectivity index (χ3v) is 9.87. The maximum absolute atomic E-state index is 13.4. The number of carbonyl (C=O) groups excluding carboxylic acids is 1. The van der Waals surface area contributed by atoms with Crippen LogP contribution in [0.1, 0.15) is 93.7 Å². The Morgan fingerprint density at radius 1 is 0.960 bits per heavy atom. The molecule has 0 fully saturated rings. The summed E-state index contributed by atoms with van der Waals surface area (Å²) in [5.41, 5.74) is 13.0. The molecule has 1 atom stereocenters. The van der Waals surface area contributed by atoms with Crippen LogP contribution in [0.2, 0.25) is 0 Å². The molecule has 0 heterocycles. The van der Waals surface area contributed by atoms with Gasteiger partial charge in [0.2, 0.25) is 5.91 Å². The van der Waals surface area contributed by atoms with Crippen molar-refractivity contribution >= 4 is 48.0 Å². The van der Waals surface area contributed by atoms with Crippen molar-refractivity contribution in [2.45, 2.75) is 97.0 Å². The smallest absolute Gasteiger partial charge is 0.224 e. The molecule has 0 aliphatic rings. The second-order valence-electron chi connectivity index (χ2n) is 14.7. The van der Waals surface area contributed by atoms with Crippen LogP contribution in [0.4, 0.5) is 0 Å². The fourth-order valence-electron chi connectivity index (χ4n) is 4.12. The van der Waals surface area contributed by atoms with E-state index in [4.69, 9.17) is 40.0 Å². The van der Waals surface area contributed by atoms with E-state index in [1.165, 1.54) is 4.90 Å². The summed E-state index contributed by atoms with van der Waals surface area (Å²) in [5, 5.41) is 7.67. The van der Waals surface area contributed by atoms with Gasteiger partial charge in [0, 0.05) is 28.2 Å². The number of hydrogen-bond acceptors (Lipinski definition) is 7. The number of nitrogens with two attached hydrogens (primary N) is 2. The number of terminal acetylenes is 1. The SMILES string of the molecule is C#CCN(C/C=C/c1ccccc1SC(C)(C)C(C)(C)C)C(=O)CC(C)(C)COCC(C)(S)COc1ccc(/C(N)=N/N=C(/C)N)cc1.CC. The summed E-state index contributed by atoms with van der Waals surface area (Å²) in [6.45, 7) is 24.6. The molecule has 0 aliphatic heterocycles. The lowest BCUT2D eigenvalue weighted by Gasteiger charge is -2.38. The lowest BCUT2D eigenvalue weighted by Crippen LogP contribution is -2.37. The van der Waals surface area contributed by atoms with Gasteiger partial charge in [0.25, 0.3) is 0 Å². The maximum atomic E-state index is 13.4. The number of benzene rings is 2. The highest BCUT2D eigenvalue weighted by molar-refractivity contribution is 8.00. The molecule has 0 bridgehead atoms. The van der Waals surface area contributed by atoms with Gasteiger partial charge in [-0.15, -0.1) is 28.4 Å². The average molecular weight is 724 g/mol. The molecule has 0 radical (unpaired) electrons. The van der Waals surface area contributed by atoms with Crippen molar-refractivity contribution in [2.24, 2.45) is 32.5 Å². The monoisotopic (exact) mass is 723 g/mol. The van der Waals surface area contributed by atoms with E-state index in [0.717, 1.165) is 5.56 Å². The van der Waals surface area contributed by atoms with Crippen LogP contribution in [0.5, 0.6) is 5.75 Å². The summed E-state index contributed by atoms with van der Waals surface area (Å²) >= 11 is 6.64. The predicted octanol–water partition coefficient (Wildman–Crippen LogP) is 8.30. The highest BCUT2D eigenvalue weighted by Crippen LogP contribution is 2.46. The van der Waals surface area contributed by atoms with Gasteiger partial charge < -0.3 is 25.8 Å². The Labute approximate surface area is 312 Å². The summed E-state index contributed by atoms with van der Waals surface area (Å²) in [6.07, 6.45) is 10.0. The van der Waals surface area contributed by atoms with E-state index in [0.29, 0.717) is 49.9 Å². The van der Waals surface area contributed by atoms with Crippen molar-refractivity contribution in [3.05, 3.63) is 65.7 Å². The van der Waals surface area contributed by atoms with Crippen molar-refractivity contribution in [3.63, 3.8) is 0 Å². The fourth-order valence-corrected chi connectivity index (χ4v) is 5.54. The van der Waals surface area contributed by atoms with Crippen LogP contribution in [0.25, 0.3) is 6.08 Å². The van der Waals surface area contributed by atoms with Crippen molar-refractivity contribution < 1.29 is 14.3 Å². The zero-order valence-corrected chi connectivity index (χ0v) is 33.9. The molecule has 0 saturated carbocycles. The lowest BCUT2D eigenvalue weighted by atomic mass is 9.83. The zero-order chi connectivity index (χ0) is 38.2. The number of thiol groups is 1. The van der Waals surface area contributed by atoms with Crippen molar-refractivity contribution in [2.75, 3.05) is 32.9 Å². The van der Waals surface area contributed by atoms with Crippen molar-refractivity contribution in [1.82, 2.24) is 4.90 Å². The Hall–Kier alpha value is -3.39. The standard InChI is InChI=1S/C38H55N5O3S2.C2H6/c1-11-22-43(23-14-16-29-15-12-13-17-32(29)48-37(8,9)35(3,4)5)33(44)24-36(6,7)25-45-26-38(10,47)27-46-31-20-18-30(19-21-31)34(40)42-41-28(2)39;1-2/h1,12-21,47H,22-27H2,2-10H3,(H2,39,41)(H2,40,42);1-2H3/b16-14+;. The van der Waals surface area contributed by atoms with E-state index >= 15 is 0 Å². The summed E-state index contributed by atoms with van der Waals surface area (Å²) in [4.78, 5) is 16.3. The van der Waals surface area contributed by atoms with Crippen LogP contribution in [0.15, 0.2) is 69.7 Å². The van der Waals surface area contributed by atoms with Gasteiger partial charge in [-0.25, -0.2) is 0 Å². The van der Waals surface area contributed by atoms with Gasteiger partial charge in [0.15, 0.2) is 5.84 Å². The first-order chi connectivity index (χ1) is 23.2. The average Bonchev–Trinajstić information content (AvgIpc) is 3.03. The first-order valence-corrected chi connectivity index (χ1v) is 18.3. The first-order valence-electron chi connectivity index (χ1n) is 17.1. The van der Waals surface area contributed by atoms with Gasteiger partial charge in [0.1, 0.15) is 18.2 Å². The van der Waals surface area contributed by atoms with Crippen LogP contribution in [-0.4, -0.2) is 64.9 Å². The number of ether oxygens (including phenoxy) is 2. The number of nitrogens with zero attached hydrogens (tertiary/aromatic N) is 3. The molecule has 10 heteroatoms. The minimum absolute atomic E-state index is 0.0150. The Balaban J connectivity index is 0.00000613. The number of thioether (sulfide) groups is 1. The molecule has 1 unspecified atom stereocenters. The molecule has 8 nitrogen and oxygen atoms in total. The van der Waals surface area contributed by atoms with Crippen LogP contribution in [0, 0.1) is 23.2 Å². The van der Waals surface area contributed by atoms with Crippen molar-refractivity contribution in [1.29, 1.82) is 0 Å². The number of amides is 1. The summed E-state index contributed by atoms with van der Waals surface area (Å²) in [7, 11) is 0. The van der Waals surface area contributed by atoms with Gasteiger partial charge in [0.05, 0.1) is 24.5 Å². The largest absolute Gasteiger partial charge is 0.492 e. The zero-order valence-electron chi connectivity index (χ0n) is 32.2. The number of carbonyl (C=O) groups is 1. The van der Waals surface area contributed by atoms with E-state index in [1.54, 1.807) is 36.1 Å². The van der Waals surface area contributed by atoms with Crippen LogP contribution in [-0.2, 0) is 9.53 Å². The molecule has 0 saturated heterocycles. The molecule has 0 aliphatic carbocycles. The summed E-state index contributed by atoms with van der Waals surface area (Å²) in [6, 6.07) is 15.6. The molecule has 2 aromatic rings. The second-order valence-corrected chi connectivity index (χ2v) is 17.4. The molecule has 2 aromatic carbocycles. The number of rotatable bonds is 17. The number of amidine groups is 2. The predicted molar refractivity (Wildman–Crippen MR) is 218 cm³/mol. The van der Waals surface area contributed by atoms with E-state index in [1.807, 2.05) is 58.5 Å². The Morgan fingerprint density at radius 2 is 1.58 bits per heavy atom. The summed E-state index contributed by atoms with van der Waals surface area (Å²) < 4.78 is 11.5. The molecule has 276 valence electrons. The Bertz CT molecular complexity index is 1480. The van der Waals surface area contributed by atoms with Gasteiger partial charge in [-0.05, 0) is 74.4 Å². The molecular weight excluding hydrogens is 663 g/mol. The Morgan fingerprint density at radius 3 is 2.16 bits per heavy atom. The van der Waals surface area contributed by atoms with E-state index in [-0.39, 0.29) is 28.4 Å². The Kier molecular flexibility index (Phi) is 18.3. The van der Waals surface area contributed by atoms with Crippen LogP contribution >= 0.6 is 24.4 Å². The minimum atomic E-state index is -0.566. The fraction of sp³-hybridized carbons (Fsp3) is 0.525. The van der Waals surface area contributed by atoms with E-state index < -0.39 is 10.2 Å². The maximum Gasteiger partial charge on any atom is 0.224 e. The van der Waals surface area contributed by atoms with Crippen LogP contribution in [0.3, 0.4) is 0 Å². The summed E-state index contributed by atoms with van der Waals surface area (Å²) in [5.74, 6) is 3.87. The molecule has 1 amide bonds. The van der Waals surface area contributed by atoms with E-state index in [2.05, 4.69) is 75.0 Å². The highest BCUT2D eigenvalue weighted by atomic mass is 32.2. The topological polar surface area (TPSA) is 116 Å². The molecule has 4 N–H and O–H groups in total. The molecule has 2 rings (SSSR count). The van der Waals surface area contributed by atoms with Gasteiger partial charge in [-0.3, -0.25) is 4.79 Å². The molecule has 0 aromatic heterocycles. The van der Waals surface area contributed by atoms with Gasteiger partial charge in [-0.2, -0.15) is 12.6 Å². The van der Waals surface area contributed by atoms with Crippen LogP contribution < -0.4 is 16.2 Å². The second kappa shape index (κ2) is 20.5. The third-order valence-electron chi connectivity index (χ3n) is 7.90. The molecule has 50 heavy (non-hydrogen) atoms. The number of hydrogen-bond donors (Lipinski definition) is 3. The van der Waals surface area contributed by atoms with Crippen molar-refractivity contribution in [3.8, 4) is 18.1 Å². The normalized spacial score (nSPS) is 14.0. The van der Waals surface area contributed by atoms with Gasteiger partial charge in [-0.1, -0.05) is 84.7 Å². The lowest BCUT2D eigenvalue weighted by molar-refractivity contribution is -0.133.